The van der Waals surface area contributed by atoms with Crippen LogP contribution in [0, 0.1) is 0 Å². The van der Waals surface area contributed by atoms with E-state index in [1.165, 1.54) is 19.1 Å². The smallest absolute Gasteiger partial charge is 0.418 e. The van der Waals surface area contributed by atoms with Crippen LogP contribution in [0.2, 0.25) is 0 Å². The van der Waals surface area contributed by atoms with Crippen molar-refractivity contribution in [1.82, 2.24) is 4.90 Å². The van der Waals surface area contributed by atoms with Crippen molar-refractivity contribution in [1.29, 1.82) is 0 Å². The summed E-state index contributed by atoms with van der Waals surface area (Å²) in [5.41, 5.74) is -1.80. The Hall–Kier alpha value is -2.00. The quantitative estimate of drug-likeness (QED) is 0.842. The monoisotopic (exact) mass is 362 g/mol. The number of likely N-dealkylation sites (tertiary alicyclic amines) is 1. The lowest BCUT2D eigenvalue weighted by Gasteiger charge is -2.30. The number of methoxy groups -OCH3 is 3. The van der Waals surface area contributed by atoms with Gasteiger partial charge in [-0.1, -0.05) is 0 Å². The lowest BCUT2D eigenvalue weighted by molar-refractivity contribution is -0.263. The summed E-state index contributed by atoms with van der Waals surface area (Å²) < 4.78 is 54.5. The highest BCUT2D eigenvalue weighted by Gasteiger charge is 2.58. The van der Waals surface area contributed by atoms with Gasteiger partial charge in [-0.3, -0.25) is 9.69 Å². The number of rotatable bonds is 6. The summed E-state index contributed by atoms with van der Waals surface area (Å²) in [5.74, 6) is 0.526. The minimum atomic E-state index is -4.48. The van der Waals surface area contributed by atoms with Crippen LogP contribution in [0.3, 0.4) is 0 Å². The van der Waals surface area contributed by atoms with Crippen LogP contribution in [0.4, 0.5) is 18.9 Å². The lowest BCUT2D eigenvalue weighted by Crippen LogP contribution is -2.49. The van der Waals surface area contributed by atoms with Crippen LogP contribution in [-0.2, 0) is 9.53 Å². The molecule has 0 bridgehead atoms. The number of carbonyl (C=O) groups excluding carboxylic acids is 1. The second-order valence-corrected chi connectivity index (χ2v) is 5.77. The minimum Gasteiger partial charge on any atom is -0.497 e. The Morgan fingerprint density at radius 2 is 2.00 bits per heavy atom. The Labute approximate surface area is 143 Å². The van der Waals surface area contributed by atoms with Crippen molar-refractivity contribution in [3.63, 3.8) is 0 Å². The van der Waals surface area contributed by atoms with Gasteiger partial charge < -0.3 is 19.5 Å². The van der Waals surface area contributed by atoms with E-state index < -0.39 is 17.7 Å². The molecule has 2 rings (SSSR count). The first-order valence-electron chi connectivity index (χ1n) is 7.61. The average molecular weight is 362 g/mol. The highest BCUT2D eigenvalue weighted by Crippen LogP contribution is 2.40. The molecular weight excluding hydrogens is 341 g/mol. The molecule has 6 nitrogen and oxygen atoms in total. The van der Waals surface area contributed by atoms with Gasteiger partial charge >= 0.3 is 6.18 Å². The minimum absolute atomic E-state index is 0.126. The zero-order valence-electron chi connectivity index (χ0n) is 14.3. The molecule has 0 saturated carbocycles. The van der Waals surface area contributed by atoms with Gasteiger partial charge in [0.15, 0.2) is 5.60 Å². The SMILES string of the molecule is COc1ccc(NC(=O)CN2CCC(OC)(C(F)(F)F)C2)c(OC)c1. The van der Waals surface area contributed by atoms with Gasteiger partial charge in [0.2, 0.25) is 5.91 Å². The number of carbonyl (C=O) groups is 1. The second kappa shape index (κ2) is 7.49. The van der Waals surface area contributed by atoms with E-state index in [4.69, 9.17) is 14.2 Å². The molecule has 140 valence electrons. The highest BCUT2D eigenvalue weighted by atomic mass is 19.4. The molecule has 1 heterocycles. The predicted octanol–water partition coefficient (Wildman–Crippen LogP) is 2.30. The normalized spacial score (nSPS) is 21.2. The summed E-state index contributed by atoms with van der Waals surface area (Å²) in [6, 6.07) is 4.85. The van der Waals surface area contributed by atoms with Crippen LogP contribution < -0.4 is 14.8 Å². The lowest BCUT2D eigenvalue weighted by atomic mass is 10.0. The van der Waals surface area contributed by atoms with E-state index in [-0.39, 0.29) is 26.1 Å². The molecule has 25 heavy (non-hydrogen) atoms. The van der Waals surface area contributed by atoms with Crippen molar-refractivity contribution in [2.45, 2.75) is 18.2 Å². The number of benzene rings is 1. The van der Waals surface area contributed by atoms with E-state index in [2.05, 4.69) is 5.32 Å². The van der Waals surface area contributed by atoms with Crippen LogP contribution >= 0.6 is 0 Å². The molecule has 1 amide bonds. The Morgan fingerprint density at radius 3 is 2.52 bits per heavy atom. The van der Waals surface area contributed by atoms with Gasteiger partial charge in [0.05, 0.1) is 26.5 Å². The van der Waals surface area contributed by atoms with Gasteiger partial charge in [-0.05, 0) is 18.6 Å². The number of nitrogens with one attached hydrogen (secondary N) is 1. The Bertz CT molecular complexity index is 624. The molecule has 1 unspecified atom stereocenters. The van der Waals surface area contributed by atoms with E-state index in [0.29, 0.717) is 17.2 Å². The maximum absolute atomic E-state index is 13.2. The molecule has 0 radical (unpaired) electrons. The molecule has 1 aromatic rings. The molecule has 1 fully saturated rings. The fourth-order valence-electron chi connectivity index (χ4n) is 2.80. The molecular formula is C16H21F3N2O4. The topological polar surface area (TPSA) is 60.0 Å². The van der Waals surface area contributed by atoms with Gasteiger partial charge in [-0.15, -0.1) is 0 Å². The second-order valence-electron chi connectivity index (χ2n) is 5.77. The number of anilines is 1. The van der Waals surface area contributed by atoms with E-state index in [1.807, 2.05) is 0 Å². The number of hydrogen-bond donors (Lipinski definition) is 1. The molecule has 1 aromatic carbocycles. The number of ether oxygens (including phenoxy) is 3. The fraction of sp³-hybridized carbons (Fsp3) is 0.562. The van der Waals surface area contributed by atoms with Crippen LogP contribution in [0.15, 0.2) is 18.2 Å². The zero-order chi connectivity index (χ0) is 18.7. The largest absolute Gasteiger partial charge is 0.497 e. The molecule has 9 heteroatoms. The van der Waals surface area contributed by atoms with Crippen molar-refractivity contribution >= 4 is 11.6 Å². The standard InChI is InChI=1S/C16H21F3N2O4/c1-23-11-4-5-12(13(8-11)24-2)20-14(22)9-21-7-6-15(10-21,25-3)16(17,18)19/h4-5,8H,6-7,9-10H2,1-3H3,(H,20,22). The van der Waals surface area contributed by atoms with Crippen LogP contribution in [0.1, 0.15) is 6.42 Å². The van der Waals surface area contributed by atoms with Crippen molar-refractivity contribution in [3.8, 4) is 11.5 Å². The number of alkyl halides is 3. The Morgan fingerprint density at radius 1 is 1.28 bits per heavy atom. The van der Waals surface area contributed by atoms with Crippen molar-refractivity contribution < 1.29 is 32.2 Å². The maximum atomic E-state index is 13.2. The van der Waals surface area contributed by atoms with Crippen LogP contribution in [0.5, 0.6) is 11.5 Å². The molecule has 1 atom stereocenters. The summed E-state index contributed by atoms with van der Waals surface area (Å²) in [4.78, 5) is 13.6. The number of amides is 1. The molecule has 1 aliphatic rings. The maximum Gasteiger partial charge on any atom is 0.418 e. The third-order valence-corrected chi connectivity index (χ3v) is 4.27. The van der Waals surface area contributed by atoms with Gasteiger partial charge in [-0.25, -0.2) is 0 Å². The summed E-state index contributed by atoms with van der Waals surface area (Å²) in [6.07, 6.45) is -4.68. The summed E-state index contributed by atoms with van der Waals surface area (Å²) in [5, 5.41) is 2.64. The Kier molecular flexibility index (Phi) is 5.79. The van der Waals surface area contributed by atoms with Gasteiger partial charge in [0.25, 0.3) is 0 Å². The Balaban J connectivity index is 2.00. The molecule has 0 aliphatic carbocycles. The van der Waals surface area contributed by atoms with Gasteiger partial charge in [-0.2, -0.15) is 13.2 Å². The summed E-state index contributed by atoms with van der Waals surface area (Å²) in [7, 11) is 3.99. The predicted molar refractivity (Wildman–Crippen MR) is 85.0 cm³/mol. The summed E-state index contributed by atoms with van der Waals surface area (Å²) in [6.45, 7) is -0.420. The molecule has 0 spiro atoms. The van der Waals surface area contributed by atoms with E-state index in [1.54, 1.807) is 18.2 Å². The van der Waals surface area contributed by atoms with Crippen LogP contribution in [-0.4, -0.2) is 63.5 Å². The van der Waals surface area contributed by atoms with Crippen molar-refractivity contribution in [2.24, 2.45) is 0 Å². The highest BCUT2D eigenvalue weighted by molar-refractivity contribution is 5.93. The molecule has 0 aromatic heterocycles. The zero-order valence-corrected chi connectivity index (χ0v) is 14.3. The van der Waals surface area contributed by atoms with Crippen LogP contribution in [0.25, 0.3) is 0 Å². The molecule has 1 saturated heterocycles. The number of nitrogens with zero attached hydrogens (tertiary/aromatic N) is 1. The van der Waals surface area contributed by atoms with E-state index >= 15 is 0 Å². The number of hydrogen-bond acceptors (Lipinski definition) is 5. The first-order valence-corrected chi connectivity index (χ1v) is 7.61. The van der Waals surface area contributed by atoms with Crippen molar-refractivity contribution in [3.05, 3.63) is 18.2 Å². The first-order chi connectivity index (χ1) is 11.7. The van der Waals surface area contributed by atoms with Crippen molar-refractivity contribution in [2.75, 3.05) is 46.3 Å². The third-order valence-electron chi connectivity index (χ3n) is 4.27. The molecule has 1 aliphatic heterocycles. The van der Waals surface area contributed by atoms with Gasteiger partial charge in [0, 0.05) is 26.3 Å². The fourth-order valence-corrected chi connectivity index (χ4v) is 2.80. The van der Waals surface area contributed by atoms with E-state index in [9.17, 15) is 18.0 Å². The van der Waals surface area contributed by atoms with E-state index in [0.717, 1.165) is 7.11 Å². The summed E-state index contributed by atoms with van der Waals surface area (Å²) >= 11 is 0. The third kappa shape index (κ3) is 4.16. The average Bonchev–Trinajstić information content (AvgIpc) is 2.99. The number of halogens is 3. The van der Waals surface area contributed by atoms with Gasteiger partial charge in [0.1, 0.15) is 11.5 Å². The molecule has 1 N–H and O–H groups in total. The first kappa shape index (κ1) is 19.3.